The minimum absolute atomic E-state index is 0.0818. The number of anilines is 1. The molecule has 4 heterocycles. The first kappa shape index (κ1) is 19.2. The summed E-state index contributed by atoms with van der Waals surface area (Å²) in [6.45, 7) is 3.71. The highest BCUT2D eigenvalue weighted by molar-refractivity contribution is 5.94. The third-order valence-corrected chi connectivity index (χ3v) is 6.82. The fraction of sp³-hybridized carbons (Fsp3) is 0.682. The van der Waals surface area contributed by atoms with Gasteiger partial charge < -0.3 is 14.7 Å². The zero-order valence-corrected chi connectivity index (χ0v) is 17.3. The number of aromatic nitrogens is 1. The van der Waals surface area contributed by atoms with Gasteiger partial charge in [-0.25, -0.2) is 4.98 Å². The number of fused-ring (bicyclic) bond motifs is 4. The van der Waals surface area contributed by atoms with Crippen molar-refractivity contribution < 1.29 is 9.59 Å². The summed E-state index contributed by atoms with van der Waals surface area (Å²) in [6.07, 6.45) is 7.74. The standard InChI is InChI=1S/C22H32N4O2/c1-4-6-18-16-11-17(19-7-5-8-21(27)26(18)19)14-25(13-16)22(28)15-9-10-20(23-12-15)24(2)3/h9-10,12,16-19H,4-8,11,13-14H2,1-3H3/t16-,17+,18-,19-/m0/s1. The number of likely N-dealkylation sites (tertiary alicyclic amines) is 1. The molecule has 3 aliphatic heterocycles. The van der Waals surface area contributed by atoms with Gasteiger partial charge in [-0.2, -0.15) is 0 Å². The number of piperidine rings is 3. The molecular formula is C22H32N4O2. The van der Waals surface area contributed by atoms with Crippen LogP contribution in [0, 0.1) is 11.8 Å². The molecule has 0 saturated carbocycles. The summed E-state index contributed by atoms with van der Waals surface area (Å²) in [4.78, 5) is 36.5. The van der Waals surface area contributed by atoms with E-state index in [2.05, 4.69) is 16.8 Å². The van der Waals surface area contributed by atoms with Crippen molar-refractivity contribution in [2.75, 3.05) is 32.1 Å². The normalized spacial score (nSPS) is 29.5. The van der Waals surface area contributed by atoms with E-state index >= 15 is 0 Å². The predicted octanol–water partition coefficient (Wildman–Crippen LogP) is 2.79. The molecule has 152 valence electrons. The Morgan fingerprint density at radius 1 is 1.25 bits per heavy atom. The molecule has 6 heteroatoms. The number of rotatable bonds is 4. The molecule has 4 atom stereocenters. The lowest BCUT2D eigenvalue weighted by Gasteiger charge is -2.56. The van der Waals surface area contributed by atoms with Crippen LogP contribution >= 0.6 is 0 Å². The summed E-state index contributed by atoms with van der Waals surface area (Å²) in [5.74, 6) is 2.08. The minimum atomic E-state index is 0.0818. The molecule has 4 rings (SSSR count). The van der Waals surface area contributed by atoms with Gasteiger partial charge in [-0.05, 0) is 49.7 Å². The average Bonchev–Trinajstić information content (AvgIpc) is 2.70. The maximum absolute atomic E-state index is 13.2. The number of amides is 2. The van der Waals surface area contributed by atoms with E-state index in [-0.39, 0.29) is 5.91 Å². The lowest BCUT2D eigenvalue weighted by atomic mass is 9.71. The van der Waals surface area contributed by atoms with Crippen molar-refractivity contribution in [1.82, 2.24) is 14.8 Å². The number of pyridine rings is 1. The number of hydrogen-bond donors (Lipinski definition) is 0. The van der Waals surface area contributed by atoms with E-state index in [0.717, 1.165) is 51.0 Å². The average molecular weight is 385 g/mol. The molecule has 1 aromatic heterocycles. The van der Waals surface area contributed by atoms with Crippen molar-refractivity contribution in [1.29, 1.82) is 0 Å². The van der Waals surface area contributed by atoms with E-state index in [9.17, 15) is 9.59 Å². The van der Waals surface area contributed by atoms with E-state index in [1.807, 2.05) is 36.0 Å². The predicted molar refractivity (Wildman–Crippen MR) is 109 cm³/mol. The molecule has 0 aromatic carbocycles. The van der Waals surface area contributed by atoms with Gasteiger partial charge in [-0.3, -0.25) is 9.59 Å². The van der Waals surface area contributed by atoms with Gasteiger partial charge in [0.25, 0.3) is 5.91 Å². The van der Waals surface area contributed by atoms with Crippen molar-refractivity contribution in [2.24, 2.45) is 11.8 Å². The Balaban J connectivity index is 1.55. The summed E-state index contributed by atoms with van der Waals surface area (Å²) in [7, 11) is 3.89. The molecule has 6 nitrogen and oxygen atoms in total. The van der Waals surface area contributed by atoms with Gasteiger partial charge in [-0.15, -0.1) is 0 Å². The summed E-state index contributed by atoms with van der Waals surface area (Å²) in [5.41, 5.74) is 0.661. The van der Waals surface area contributed by atoms with Crippen molar-refractivity contribution in [3.05, 3.63) is 23.9 Å². The van der Waals surface area contributed by atoms with Gasteiger partial charge in [-0.1, -0.05) is 13.3 Å². The van der Waals surface area contributed by atoms with Gasteiger partial charge >= 0.3 is 0 Å². The van der Waals surface area contributed by atoms with Gasteiger partial charge in [0.15, 0.2) is 0 Å². The van der Waals surface area contributed by atoms with Gasteiger partial charge in [0, 0.05) is 51.9 Å². The Morgan fingerprint density at radius 2 is 2.04 bits per heavy atom. The van der Waals surface area contributed by atoms with E-state index in [4.69, 9.17) is 0 Å². The summed E-state index contributed by atoms with van der Waals surface area (Å²) < 4.78 is 0. The zero-order chi connectivity index (χ0) is 19.8. The smallest absolute Gasteiger partial charge is 0.255 e. The molecular weight excluding hydrogens is 352 g/mol. The second-order valence-electron chi connectivity index (χ2n) is 8.88. The van der Waals surface area contributed by atoms with Crippen molar-refractivity contribution >= 4 is 17.6 Å². The van der Waals surface area contributed by atoms with E-state index in [0.29, 0.717) is 41.8 Å². The summed E-state index contributed by atoms with van der Waals surface area (Å²) >= 11 is 0. The molecule has 0 unspecified atom stereocenters. The van der Waals surface area contributed by atoms with Crippen LogP contribution in [0.3, 0.4) is 0 Å². The van der Waals surface area contributed by atoms with Crippen LogP contribution in [0.15, 0.2) is 18.3 Å². The maximum atomic E-state index is 13.2. The Kier molecular flexibility index (Phi) is 5.30. The Labute approximate surface area is 167 Å². The topological polar surface area (TPSA) is 56.8 Å². The molecule has 0 aliphatic carbocycles. The second-order valence-corrected chi connectivity index (χ2v) is 8.88. The van der Waals surface area contributed by atoms with Gasteiger partial charge in [0.1, 0.15) is 5.82 Å². The monoisotopic (exact) mass is 384 g/mol. The fourth-order valence-electron chi connectivity index (χ4n) is 5.57. The van der Waals surface area contributed by atoms with Gasteiger partial charge in [0.05, 0.1) is 5.56 Å². The van der Waals surface area contributed by atoms with E-state index < -0.39 is 0 Å². The largest absolute Gasteiger partial charge is 0.363 e. The summed E-state index contributed by atoms with van der Waals surface area (Å²) in [5, 5.41) is 0. The van der Waals surface area contributed by atoms with Crippen molar-refractivity contribution in [3.8, 4) is 0 Å². The highest BCUT2D eigenvalue weighted by Gasteiger charge is 2.49. The van der Waals surface area contributed by atoms with Crippen molar-refractivity contribution in [2.45, 2.75) is 57.5 Å². The first-order chi connectivity index (χ1) is 13.5. The Hall–Kier alpha value is -2.11. The highest BCUT2D eigenvalue weighted by Crippen LogP contribution is 2.43. The van der Waals surface area contributed by atoms with Crippen LogP contribution in [0.25, 0.3) is 0 Å². The van der Waals surface area contributed by atoms with Crippen molar-refractivity contribution in [3.63, 3.8) is 0 Å². The van der Waals surface area contributed by atoms with Crippen LogP contribution < -0.4 is 4.90 Å². The molecule has 3 fully saturated rings. The minimum Gasteiger partial charge on any atom is -0.363 e. The third kappa shape index (κ3) is 3.38. The van der Waals surface area contributed by atoms with Crippen LogP contribution in [-0.2, 0) is 4.79 Å². The van der Waals surface area contributed by atoms with Crippen LogP contribution in [0.5, 0.6) is 0 Å². The molecule has 3 saturated heterocycles. The third-order valence-electron chi connectivity index (χ3n) is 6.82. The number of carbonyl (C=O) groups is 2. The van der Waals surface area contributed by atoms with Gasteiger partial charge in [0.2, 0.25) is 5.91 Å². The molecule has 1 aromatic rings. The fourth-order valence-corrected chi connectivity index (χ4v) is 5.57. The van der Waals surface area contributed by atoms with E-state index in [1.54, 1.807) is 6.20 Å². The summed E-state index contributed by atoms with van der Waals surface area (Å²) in [6, 6.07) is 4.40. The molecule has 2 amide bonds. The van der Waals surface area contributed by atoms with Crippen LogP contribution in [-0.4, -0.2) is 65.9 Å². The lowest BCUT2D eigenvalue weighted by Crippen LogP contribution is -2.65. The Bertz CT molecular complexity index is 733. The molecule has 2 bridgehead atoms. The molecule has 3 aliphatic rings. The number of nitrogens with zero attached hydrogens (tertiary/aromatic N) is 4. The lowest BCUT2D eigenvalue weighted by molar-refractivity contribution is -0.152. The highest BCUT2D eigenvalue weighted by atomic mass is 16.2. The quantitative estimate of drug-likeness (QED) is 0.801. The first-order valence-corrected chi connectivity index (χ1v) is 10.7. The van der Waals surface area contributed by atoms with Crippen LogP contribution in [0.4, 0.5) is 5.82 Å². The maximum Gasteiger partial charge on any atom is 0.255 e. The first-order valence-electron chi connectivity index (χ1n) is 10.7. The Morgan fingerprint density at radius 3 is 2.71 bits per heavy atom. The number of hydrogen-bond acceptors (Lipinski definition) is 4. The molecule has 0 spiro atoms. The molecule has 0 N–H and O–H groups in total. The SMILES string of the molecule is CCC[C@H]1[C@H]2C[C@H](CN(C(=O)c3ccc(N(C)C)nc3)C2)[C@@H]2CCCC(=O)N21. The molecule has 0 radical (unpaired) electrons. The zero-order valence-electron chi connectivity index (χ0n) is 17.3. The molecule has 28 heavy (non-hydrogen) atoms. The van der Waals surface area contributed by atoms with Crippen LogP contribution in [0.1, 0.15) is 55.8 Å². The van der Waals surface area contributed by atoms with Crippen LogP contribution in [0.2, 0.25) is 0 Å². The second kappa shape index (κ2) is 7.72. The van der Waals surface area contributed by atoms with E-state index in [1.165, 1.54) is 0 Å². The number of carbonyl (C=O) groups excluding carboxylic acids is 2.